The summed E-state index contributed by atoms with van der Waals surface area (Å²) in [5.74, 6) is 0.952. The number of anilines is 1. The van der Waals surface area contributed by atoms with Gasteiger partial charge >= 0.3 is 6.18 Å². The molecule has 0 saturated heterocycles. The zero-order valence-electron chi connectivity index (χ0n) is 10.7. The minimum Gasteiger partial charge on any atom is -0.261 e. The van der Waals surface area contributed by atoms with Gasteiger partial charge in [0.05, 0.1) is 5.56 Å². The van der Waals surface area contributed by atoms with Crippen LogP contribution in [0.4, 0.5) is 19.0 Å². The summed E-state index contributed by atoms with van der Waals surface area (Å²) in [5.41, 5.74) is 3.03. The van der Waals surface area contributed by atoms with E-state index in [4.69, 9.17) is 0 Å². The Hall–Kier alpha value is -1.59. The molecular weight excluding hydrogens is 255 g/mol. The van der Waals surface area contributed by atoms with Gasteiger partial charge in [-0.3, -0.25) is 5.43 Å². The lowest BCUT2D eigenvalue weighted by molar-refractivity contribution is -0.137. The van der Waals surface area contributed by atoms with Crippen molar-refractivity contribution in [2.24, 2.45) is 11.0 Å². The van der Waals surface area contributed by atoms with Crippen LogP contribution >= 0.6 is 0 Å². The molecule has 6 heteroatoms. The summed E-state index contributed by atoms with van der Waals surface area (Å²) in [6, 6.07) is 2.29. The van der Waals surface area contributed by atoms with Crippen molar-refractivity contribution in [1.29, 1.82) is 0 Å². The maximum atomic E-state index is 12.4. The van der Waals surface area contributed by atoms with Gasteiger partial charge in [0.25, 0.3) is 0 Å². The topological polar surface area (TPSA) is 37.3 Å². The largest absolute Gasteiger partial charge is 0.417 e. The van der Waals surface area contributed by atoms with Crippen LogP contribution in [0, 0.1) is 5.92 Å². The van der Waals surface area contributed by atoms with Crippen molar-refractivity contribution in [3.05, 3.63) is 23.9 Å². The lowest BCUT2D eigenvalue weighted by atomic mass is 9.89. The molecule has 0 radical (unpaired) electrons. The van der Waals surface area contributed by atoms with Crippen LogP contribution < -0.4 is 5.43 Å². The highest BCUT2D eigenvalue weighted by molar-refractivity contribution is 5.85. The van der Waals surface area contributed by atoms with Gasteiger partial charge in [0.1, 0.15) is 5.82 Å². The Morgan fingerprint density at radius 1 is 1.37 bits per heavy atom. The molecule has 19 heavy (non-hydrogen) atoms. The molecule has 0 unspecified atom stereocenters. The molecule has 1 atom stereocenters. The number of aromatic nitrogens is 1. The molecule has 1 N–H and O–H groups in total. The average molecular weight is 271 g/mol. The maximum Gasteiger partial charge on any atom is 0.417 e. The van der Waals surface area contributed by atoms with Crippen LogP contribution in [0.2, 0.25) is 0 Å². The number of hydrazone groups is 1. The van der Waals surface area contributed by atoms with Gasteiger partial charge in [-0.25, -0.2) is 4.98 Å². The van der Waals surface area contributed by atoms with E-state index in [0.29, 0.717) is 11.7 Å². The van der Waals surface area contributed by atoms with Crippen molar-refractivity contribution in [2.45, 2.75) is 38.8 Å². The van der Waals surface area contributed by atoms with Crippen molar-refractivity contribution in [1.82, 2.24) is 4.98 Å². The van der Waals surface area contributed by atoms with Gasteiger partial charge in [0.15, 0.2) is 0 Å². The van der Waals surface area contributed by atoms with Crippen LogP contribution in [0.25, 0.3) is 0 Å². The molecule has 0 amide bonds. The number of hydrogen-bond acceptors (Lipinski definition) is 3. The standard InChI is InChI=1S/C13H16F3N3/c1-9-3-2-4-11(7-9)18-19-12-6-5-10(8-17-12)13(14,15)16/h5-6,8-9H,2-4,7H2,1H3,(H,17,19)/b18-11-/t9-/m1/s1. The maximum absolute atomic E-state index is 12.4. The van der Waals surface area contributed by atoms with Crippen molar-refractivity contribution in [2.75, 3.05) is 5.43 Å². The molecule has 1 aliphatic rings. The molecule has 1 aromatic rings. The van der Waals surface area contributed by atoms with E-state index in [0.717, 1.165) is 37.2 Å². The molecule has 1 saturated carbocycles. The summed E-state index contributed by atoms with van der Waals surface area (Å²) in [7, 11) is 0. The third kappa shape index (κ3) is 3.94. The van der Waals surface area contributed by atoms with Crippen LogP contribution in [0.1, 0.15) is 38.2 Å². The predicted molar refractivity (Wildman–Crippen MR) is 67.9 cm³/mol. The fraction of sp³-hybridized carbons (Fsp3) is 0.538. The van der Waals surface area contributed by atoms with E-state index in [-0.39, 0.29) is 0 Å². The monoisotopic (exact) mass is 271 g/mol. The van der Waals surface area contributed by atoms with Crippen molar-refractivity contribution < 1.29 is 13.2 Å². The molecule has 1 aromatic heterocycles. The summed E-state index contributed by atoms with van der Waals surface area (Å²) in [6.45, 7) is 2.17. The predicted octanol–water partition coefficient (Wildman–Crippen LogP) is 4.08. The number of hydrogen-bond donors (Lipinski definition) is 1. The third-order valence-corrected chi connectivity index (χ3v) is 3.17. The van der Waals surface area contributed by atoms with E-state index in [9.17, 15) is 13.2 Å². The molecule has 104 valence electrons. The Kier molecular flexibility index (Phi) is 4.07. The van der Waals surface area contributed by atoms with Gasteiger partial charge < -0.3 is 0 Å². The van der Waals surface area contributed by atoms with Gasteiger partial charge in [-0.1, -0.05) is 6.92 Å². The molecule has 0 aliphatic heterocycles. The SMILES string of the molecule is C[C@@H]1CCC/C(=N/Nc2ccc(C(F)(F)F)cn2)C1. The minimum atomic E-state index is -4.35. The first-order valence-corrected chi connectivity index (χ1v) is 6.30. The van der Waals surface area contributed by atoms with Crippen LogP contribution in [0.3, 0.4) is 0 Å². The van der Waals surface area contributed by atoms with Gasteiger partial charge in [0, 0.05) is 11.9 Å². The molecule has 1 aliphatic carbocycles. The molecule has 1 heterocycles. The lowest BCUT2D eigenvalue weighted by Crippen LogP contribution is -2.14. The first-order chi connectivity index (χ1) is 8.95. The first kappa shape index (κ1) is 13.8. The molecule has 0 bridgehead atoms. The Morgan fingerprint density at radius 3 is 2.74 bits per heavy atom. The highest BCUT2D eigenvalue weighted by atomic mass is 19.4. The molecule has 0 aromatic carbocycles. The summed E-state index contributed by atoms with van der Waals surface area (Å²) < 4.78 is 37.1. The second-order valence-corrected chi connectivity index (χ2v) is 4.92. The Balaban J connectivity index is 1.98. The second-order valence-electron chi connectivity index (χ2n) is 4.92. The summed E-state index contributed by atoms with van der Waals surface area (Å²) in [6.07, 6.45) is 0.660. The van der Waals surface area contributed by atoms with E-state index in [2.05, 4.69) is 22.4 Å². The number of pyridine rings is 1. The molecule has 0 spiro atoms. The summed E-state index contributed by atoms with van der Waals surface area (Å²) in [5, 5.41) is 4.22. The van der Waals surface area contributed by atoms with Gasteiger partial charge in [-0.2, -0.15) is 18.3 Å². The fourth-order valence-electron chi connectivity index (χ4n) is 2.13. The Morgan fingerprint density at radius 2 is 2.16 bits per heavy atom. The van der Waals surface area contributed by atoms with E-state index in [1.54, 1.807) is 0 Å². The average Bonchev–Trinajstić information content (AvgIpc) is 2.36. The highest BCUT2D eigenvalue weighted by Crippen LogP contribution is 2.29. The lowest BCUT2D eigenvalue weighted by Gasteiger charge is -2.19. The normalized spacial score (nSPS) is 22.5. The van der Waals surface area contributed by atoms with Crippen LogP contribution in [-0.4, -0.2) is 10.7 Å². The fourth-order valence-corrected chi connectivity index (χ4v) is 2.13. The second kappa shape index (κ2) is 5.59. The summed E-state index contributed by atoms with van der Waals surface area (Å²) >= 11 is 0. The van der Waals surface area contributed by atoms with E-state index in [1.165, 1.54) is 12.5 Å². The van der Waals surface area contributed by atoms with E-state index < -0.39 is 11.7 Å². The Bertz CT molecular complexity index is 451. The van der Waals surface area contributed by atoms with Crippen molar-refractivity contribution in [3.8, 4) is 0 Å². The number of alkyl halides is 3. The first-order valence-electron chi connectivity index (χ1n) is 6.30. The Labute approximate surface area is 109 Å². The van der Waals surface area contributed by atoms with Crippen molar-refractivity contribution >= 4 is 11.5 Å². The zero-order chi connectivity index (χ0) is 13.9. The minimum absolute atomic E-state index is 0.332. The number of halogens is 3. The molecule has 1 fully saturated rings. The van der Waals surface area contributed by atoms with Crippen LogP contribution in [-0.2, 0) is 6.18 Å². The van der Waals surface area contributed by atoms with Gasteiger partial charge in [-0.05, 0) is 43.7 Å². The van der Waals surface area contributed by atoms with Gasteiger partial charge in [-0.15, -0.1) is 0 Å². The van der Waals surface area contributed by atoms with E-state index in [1.807, 2.05) is 0 Å². The number of nitrogens with zero attached hydrogens (tertiary/aromatic N) is 2. The zero-order valence-corrected chi connectivity index (χ0v) is 10.7. The molecule has 3 nitrogen and oxygen atoms in total. The van der Waals surface area contributed by atoms with Crippen molar-refractivity contribution in [3.63, 3.8) is 0 Å². The quantitative estimate of drug-likeness (QED) is 0.823. The number of rotatable bonds is 2. The van der Waals surface area contributed by atoms with Crippen LogP contribution in [0.15, 0.2) is 23.4 Å². The smallest absolute Gasteiger partial charge is 0.261 e. The van der Waals surface area contributed by atoms with E-state index >= 15 is 0 Å². The number of nitrogens with one attached hydrogen (secondary N) is 1. The summed E-state index contributed by atoms with van der Waals surface area (Å²) in [4.78, 5) is 3.71. The third-order valence-electron chi connectivity index (χ3n) is 3.17. The highest BCUT2D eigenvalue weighted by Gasteiger charge is 2.30. The van der Waals surface area contributed by atoms with Gasteiger partial charge in [0.2, 0.25) is 0 Å². The molecular formula is C13H16F3N3. The van der Waals surface area contributed by atoms with Crippen LogP contribution in [0.5, 0.6) is 0 Å². The molecule has 2 rings (SSSR count).